The normalized spacial score (nSPS) is 10.4. The zero-order valence-electron chi connectivity index (χ0n) is 10.8. The lowest BCUT2D eigenvalue weighted by Gasteiger charge is -2.12. The number of benzene rings is 2. The van der Waals surface area contributed by atoms with E-state index in [0.29, 0.717) is 11.3 Å². The molecule has 0 heterocycles. The average Bonchev–Trinajstić information content (AvgIpc) is 2.32. The van der Waals surface area contributed by atoms with Crippen LogP contribution in [0.3, 0.4) is 0 Å². The summed E-state index contributed by atoms with van der Waals surface area (Å²) in [5.41, 5.74) is 9.37. The van der Waals surface area contributed by atoms with Gasteiger partial charge in [-0.15, -0.1) is 0 Å². The van der Waals surface area contributed by atoms with Crippen molar-refractivity contribution in [3.8, 4) is 16.9 Å². The van der Waals surface area contributed by atoms with Crippen LogP contribution in [0, 0.1) is 19.7 Å². The molecular formula is C15H16FNO. The number of methoxy groups -OCH3 is 1. The van der Waals surface area contributed by atoms with Crippen molar-refractivity contribution in [1.82, 2.24) is 0 Å². The number of ether oxygens (including phenoxy) is 1. The first-order chi connectivity index (χ1) is 8.52. The molecule has 0 amide bonds. The Morgan fingerprint density at radius 3 is 2.33 bits per heavy atom. The van der Waals surface area contributed by atoms with Crippen molar-refractivity contribution in [3.63, 3.8) is 0 Å². The Labute approximate surface area is 106 Å². The summed E-state index contributed by atoms with van der Waals surface area (Å²) in [5.74, 6) is 0.509. The van der Waals surface area contributed by atoms with Gasteiger partial charge < -0.3 is 10.5 Å². The molecular weight excluding hydrogens is 229 g/mol. The van der Waals surface area contributed by atoms with Gasteiger partial charge in [-0.05, 0) is 60.9 Å². The first kappa shape index (κ1) is 12.4. The molecule has 0 bridgehead atoms. The molecule has 0 unspecified atom stereocenters. The SMILES string of the molecule is COc1cc(C)c(-c2ccc(N)cc2F)cc1C. The second-order valence-electron chi connectivity index (χ2n) is 4.38. The van der Waals surface area contributed by atoms with Crippen LogP contribution < -0.4 is 10.5 Å². The van der Waals surface area contributed by atoms with Crippen LogP contribution in [0.25, 0.3) is 11.1 Å². The lowest BCUT2D eigenvalue weighted by atomic mass is 9.97. The maximum Gasteiger partial charge on any atom is 0.133 e. The van der Waals surface area contributed by atoms with E-state index in [0.717, 1.165) is 22.4 Å². The number of hydrogen-bond donors (Lipinski definition) is 1. The van der Waals surface area contributed by atoms with E-state index in [9.17, 15) is 4.39 Å². The number of nitrogens with two attached hydrogens (primary N) is 1. The van der Waals surface area contributed by atoms with Gasteiger partial charge in [0, 0.05) is 11.3 Å². The van der Waals surface area contributed by atoms with Crippen LogP contribution in [0.2, 0.25) is 0 Å². The van der Waals surface area contributed by atoms with Gasteiger partial charge in [-0.1, -0.05) is 0 Å². The topological polar surface area (TPSA) is 35.2 Å². The van der Waals surface area contributed by atoms with Gasteiger partial charge in [-0.3, -0.25) is 0 Å². The summed E-state index contributed by atoms with van der Waals surface area (Å²) in [6.07, 6.45) is 0. The quantitative estimate of drug-likeness (QED) is 0.819. The van der Waals surface area contributed by atoms with E-state index in [4.69, 9.17) is 10.5 Å². The summed E-state index contributed by atoms with van der Waals surface area (Å²) in [6, 6.07) is 8.61. The number of aryl methyl sites for hydroxylation is 2. The second kappa shape index (κ2) is 4.69. The van der Waals surface area contributed by atoms with E-state index >= 15 is 0 Å². The van der Waals surface area contributed by atoms with E-state index in [1.54, 1.807) is 19.2 Å². The molecule has 0 saturated heterocycles. The zero-order chi connectivity index (χ0) is 13.3. The summed E-state index contributed by atoms with van der Waals surface area (Å²) >= 11 is 0. The molecule has 0 fully saturated rings. The molecule has 0 aromatic heterocycles. The summed E-state index contributed by atoms with van der Waals surface area (Å²) in [5, 5.41) is 0. The summed E-state index contributed by atoms with van der Waals surface area (Å²) in [6.45, 7) is 3.88. The Morgan fingerprint density at radius 1 is 1.00 bits per heavy atom. The standard InChI is InChI=1S/C15H16FNO/c1-9-7-15(18-3)10(2)6-13(9)12-5-4-11(17)8-14(12)16/h4-8H,17H2,1-3H3. The Balaban J connectivity index is 2.60. The number of halogens is 1. The molecule has 18 heavy (non-hydrogen) atoms. The van der Waals surface area contributed by atoms with Crippen LogP contribution in [0.1, 0.15) is 11.1 Å². The predicted octanol–water partition coefficient (Wildman–Crippen LogP) is 3.70. The third kappa shape index (κ3) is 2.16. The number of rotatable bonds is 2. The highest BCUT2D eigenvalue weighted by atomic mass is 19.1. The fourth-order valence-electron chi connectivity index (χ4n) is 2.05. The van der Waals surface area contributed by atoms with Crippen molar-refractivity contribution in [2.75, 3.05) is 12.8 Å². The van der Waals surface area contributed by atoms with Gasteiger partial charge in [0.05, 0.1) is 7.11 Å². The van der Waals surface area contributed by atoms with E-state index < -0.39 is 0 Å². The molecule has 0 radical (unpaired) electrons. The molecule has 0 aliphatic carbocycles. The van der Waals surface area contributed by atoms with Crippen molar-refractivity contribution in [2.24, 2.45) is 0 Å². The van der Waals surface area contributed by atoms with Crippen LogP contribution >= 0.6 is 0 Å². The molecule has 0 saturated carbocycles. The van der Waals surface area contributed by atoms with Gasteiger partial charge in [0.1, 0.15) is 11.6 Å². The van der Waals surface area contributed by atoms with Gasteiger partial charge >= 0.3 is 0 Å². The third-order valence-corrected chi connectivity index (χ3v) is 3.03. The highest BCUT2D eigenvalue weighted by Gasteiger charge is 2.11. The van der Waals surface area contributed by atoms with Crippen LogP contribution in [0.4, 0.5) is 10.1 Å². The second-order valence-corrected chi connectivity index (χ2v) is 4.38. The molecule has 94 valence electrons. The Kier molecular flexibility index (Phi) is 3.24. The van der Waals surface area contributed by atoms with Crippen molar-refractivity contribution in [2.45, 2.75) is 13.8 Å². The van der Waals surface area contributed by atoms with Crippen molar-refractivity contribution < 1.29 is 9.13 Å². The van der Waals surface area contributed by atoms with Crippen molar-refractivity contribution in [3.05, 3.63) is 47.3 Å². The Bertz CT molecular complexity index is 593. The smallest absolute Gasteiger partial charge is 0.133 e. The number of anilines is 1. The van der Waals surface area contributed by atoms with E-state index in [-0.39, 0.29) is 5.82 Å². The average molecular weight is 245 g/mol. The van der Waals surface area contributed by atoms with Crippen LogP contribution in [-0.4, -0.2) is 7.11 Å². The molecule has 2 N–H and O–H groups in total. The fraction of sp³-hybridized carbons (Fsp3) is 0.200. The van der Waals surface area contributed by atoms with Crippen LogP contribution in [-0.2, 0) is 0 Å². The first-order valence-electron chi connectivity index (χ1n) is 5.73. The van der Waals surface area contributed by atoms with Crippen molar-refractivity contribution >= 4 is 5.69 Å². The summed E-state index contributed by atoms with van der Waals surface area (Å²) < 4.78 is 19.2. The molecule has 0 aliphatic heterocycles. The maximum absolute atomic E-state index is 13.9. The zero-order valence-corrected chi connectivity index (χ0v) is 10.8. The maximum atomic E-state index is 13.9. The lowest BCUT2D eigenvalue weighted by molar-refractivity contribution is 0.411. The Hall–Kier alpha value is -2.03. The molecule has 2 aromatic rings. The van der Waals surface area contributed by atoms with E-state index in [2.05, 4.69) is 0 Å². The van der Waals surface area contributed by atoms with Gasteiger partial charge in [-0.2, -0.15) is 0 Å². The van der Waals surface area contributed by atoms with Gasteiger partial charge in [0.25, 0.3) is 0 Å². The minimum Gasteiger partial charge on any atom is -0.496 e. The highest BCUT2D eigenvalue weighted by Crippen LogP contribution is 2.32. The van der Waals surface area contributed by atoms with Crippen LogP contribution in [0.15, 0.2) is 30.3 Å². The summed E-state index contributed by atoms with van der Waals surface area (Å²) in [7, 11) is 1.63. The monoisotopic (exact) mass is 245 g/mol. The highest BCUT2D eigenvalue weighted by molar-refractivity contribution is 5.71. The lowest BCUT2D eigenvalue weighted by Crippen LogP contribution is -1.94. The molecule has 0 atom stereocenters. The fourth-order valence-corrected chi connectivity index (χ4v) is 2.05. The molecule has 0 spiro atoms. The molecule has 2 rings (SSSR count). The molecule has 2 nitrogen and oxygen atoms in total. The Morgan fingerprint density at radius 2 is 1.72 bits per heavy atom. The van der Waals surface area contributed by atoms with E-state index in [1.807, 2.05) is 26.0 Å². The summed E-state index contributed by atoms with van der Waals surface area (Å²) in [4.78, 5) is 0. The first-order valence-corrected chi connectivity index (χ1v) is 5.73. The minimum absolute atomic E-state index is 0.303. The molecule has 3 heteroatoms. The van der Waals surface area contributed by atoms with Gasteiger partial charge in [0.15, 0.2) is 0 Å². The number of nitrogen functional groups attached to an aromatic ring is 1. The van der Waals surface area contributed by atoms with E-state index in [1.165, 1.54) is 6.07 Å². The number of hydrogen-bond acceptors (Lipinski definition) is 2. The minimum atomic E-state index is -0.303. The van der Waals surface area contributed by atoms with Gasteiger partial charge in [0.2, 0.25) is 0 Å². The molecule has 0 aliphatic rings. The largest absolute Gasteiger partial charge is 0.496 e. The van der Waals surface area contributed by atoms with Crippen LogP contribution in [0.5, 0.6) is 5.75 Å². The third-order valence-electron chi connectivity index (χ3n) is 3.03. The predicted molar refractivity (Wildman–Crippen MR) is 72.3 cm³/mol. The molecule has 2 aromatic carbocycles. The van der Waals surface area contributed by atoms with Crippen molar-refractivity contribution in [1.29, 1.82) is 0 Å². The van der Waals surface area contributed by atoms with Gasteiger partial charge in [-0.25, -0.2) is 4.39 Å².